The van der Waals surface area contributed by atoms with E-state index in [1.807, 2.05) is 44.2 Å². The Morgan fingerprint density at radius 1 is 1.25 bits per heavy atom. The molecule has 5 heteroatoms. The minimum atomic E-state index is -1.12. The average molecular weight is 278 g/mol. The van der Waals surface area contributed by atoms with Crippen molar-refractivity contribution in [1.82, 2.24) is 5.32 Å². The number of primary amides is 1. The molecule has 0 heterocycles. The molecule has 0 saturated heterocycles. The van der Waals surface area contributed by atoms with Crippen LogP contribution in [0.1, 0.15) is 25.8 Å². The summed E-state index contributed by atoms with van der Waals surface area (Å²) in [5, 5.41) is 12.2. The Morgan fingerprint density at radius 3 is 2.35 bits per heavy atom. The van der Waals surface area contributed by atoms with Crippen LogP contribution in [-0.4, -0.2) is 29.1 Å². The minimum Gasteiger partial charge on any atom is -0.383 e. The molecule has 4 N–H and O–H groups in total. The van der Waals surface area contributed by atoms with Crippen LogP contribution in [0.15, 0.2) is 30.3 Å². The zero-order chi connectivity index (χ0) is 15.1. The Morgan fingerprint density at radius 2 is 1.85 bits per heavy atom. The standard InChI is InChI=1S/C15H22N2O3/c1-10(2)8-13(18)15(20)17-12(14(16)19)9-11-6-4-3-5-7-11/h3-7,10,12-13,18H,8-9H2,1-2H3,(H2,16,19)(H,17,20)/t12-,13+/m0/s1. The van der Waals surface area contributed by atoms with E-state index in [1.165, 1.54) is 0 Å². The monoisotopic (exact) mass is 278 g/mol. The third-order valence-corrected chi connectivity index (χ3v) is 2.94. The number of aliphatic hydroxyl groups is 1. The number of hydrogen-bond acceptors (Lipinski definition) is 3. The first kappa shape index (κ1) is 16.2. The number of aliphatic hydroxyl groups excluding tert-OH is 1. The van der Waals surface area contributed by atoms with Crippen LogP contribution < -0.4 is 11.1 Å². The van der Waals surface area contributed by atoms with E-state index in [1.54, 1.807) is 0 Å². The van der Waals surface area contributed by atoms with E-state index in [-0.39, 0.29) is 5.92 Å². The van der Waals surface area contributed by atoms with Gasteiger partial charge in [0, 0.05) is 6.42 Å². The third kappa shape index (κ3) is 5.40. The molecule has 0 bridgehead atoms. The van der Waals surface area contributed by atoms with Gasteiger partial charge in [-0.05, 0) is 17.9 Å². The second kappa shape index (κ2) is 7.65. The predicted molar refractivity (Wildman–Crippen MR) is 76.7 cm³/mol. The van der Waals surface area contributed by atoms with Crippen LogP contribution in [0.3, 0.4) is 0 Å². The number of hydrogen-bond donors (Lipinski definition) is 3. The maximum absolute atomic E-state index is 11.8. The van der Waals surface area contributed by atoms with Crippen molar-refractivity contribution in [2.24, 2.45) is 11.7 Å². The van der Waals surface area contributed by atoms with E-state index >= 15 is 0 Å². The van der Waals surface area contributed by atoms with Crippen molar-refractivity contribution < 1.29 is 14.7 Å². The van der Waals surface area contributed by atoms with Crippen LogP contribution in [-0.2, 0) is 16.0 Å². The summed E-state index contributed by atoms with van der Waals surface area (Å²) in [4.78, 5) is 23.2. The topological polar surface area (TPSA) is 92.4 Å². The quantitative estimate of drug-likeness (QED) is 0.682. The summed E-state index contributed by atoms with van der Waals surface area (Å²) >= 11 is 0. The van der Waals surface area contributed by atoms with Crippen LogP contribution >= 0.6 is 0 Å². The highest BCUT2D eigenvalue weighted by Gasteiger charge is 2.23. The van der Waals surface area contributed by atoms with Crippen LogP contribution in [0.4, 0.5) is 0 Å². The Labute approximate surface area is 119 Å². The summed E-state index contributed by atoms with van der Waals surface area (Å²) < 4.78 is 0. The molecular weight excluding hydrogens is 256 g/mol. The molecule has 0 unspecified atom stereocenters. The normalized spacial score (nSPS) is 13.8. The molecule has 1 rings (SSSR count). The van der Waals surface area contributed by atoms with Gasteiger partial charge in [-0.25, -0.2) is 0 Å². The maximum atomic E-state index is 11.8. The van der Waals surface area contributed by atoms with Gasteiger partial charge in [-0.1, -0.05) is 44.2 Å². The van der Waals surface area contributed by atoms with Crippen molar-refractivity contribution in [2.45, 2.75) is 38.8 Å². The zero-order valence-electron chi connectivity index (χ0n) is 11.9. The minimum absolute atomic E-state index is 0.192. The number of amides is 2. The molecule has 2 atom stereocenters. The van der Waals surface area contributed by atoms with Crippen molar-refractivity contribution in [3.63, 3.8) is 0 Å². The predicted octanol–water partition coefficient (Wildman–Crippen LogP) is 0.606. The van der Waals surface area contributed by atoms with Gasteiger partial charge in [0.05, 0.1) is 0 Å². The van der Waals surface area contributed by atoms with E-state index in [2.05, 4.69) is 5.32 Å². The Balaban J connectivity index is 2.64. The molecule has 0 spiro atoms. The maximum Gasteiger partial charge on any atom is 0.249 e. The van der Waals surface area contributed by atoms with E-state index in [9.17, 15) is 14.7 Å². The van der Waals surface area contributed by atoms with E-state index in [0.29, 0.717) is 12.8 Å². The number of nitrogens with two attached hydrogens (primary N) is 1. The van der Waals surface area contributed by atoms with Gasteiger partial charge >= 0.3 is 0 Å². The fourth-order valence-corrected chi connectivity index (χ4v) is 1.89. The highest BCUT2D eigenvalue weighted by atomic mass is 16.3. The lowest BCUT2D eigenvalue weighted by atomic mass is 10.0. The fourth-order valence-electron chi connectivity index (χ4n) is 1.89. The lowest BCUT2D eigenvalue weighted by Crippen LogP contribution is -2.49. The van der Waals surface area contributed by atoms with E-state index in [4.69, 9.17) is 5.73 Å². The van der Waals surface area contributed by atoms with Crippen molar-refractivity contribution in [3.05, 3.63) is 35.9 Å². The first-order valence-electron chi connectivity index (χ1n) is 6.71. The molecule has 0 radical (unpaired) electrons. The van der Waals surface area contributed by atoms with Crippen LogP contribution in [0, 0.1) is 5.92 Å². The van der Waals surface area contributed by atoms with Gasteiger partial charge in [0.2, 0.25) is 11.8 Å². The van der Waals surface area contributed by atoms with Gasteiger partial charge in [-0.3, -0.25) is 9.59 Å². The lowest BCUT2D eigenvalue weighted by molar-refractivity contribution is -0.133. The summed E-state index contributed by atoms with van der Waals surface area (Å²) in [6, 6.07) is 8.46. The van der Waals surface area contributed by atoms with Gasteiger partial charge in [-0.15, -0.1) is 0 Å². The average Bonchev–Trinajstić information content (AvgIpc) is 2.38. The number of rotatable bonds is 7. The molecule has 0 fully saturated rings. The Kier molecular flexibility index (Phi) is 6.18. The summed E-state index contributed by atoms with van der Waals surface area (Å²) in [5.41, 5.74) is 6.20. The second-order valence-electron chi connectivity index (χ2n) is 5.30. The largest absolute Gasteiger partial charge is 0.383 e. The van der Waals surface area contributed by atoms with Crippen LogP contribution in [0.2, 0.25) is 0 Å². The molecular formula is C15H22N2O3. The molecule has 0 aromatic heterocycles. The molecule has 5 nitrogen and oxygen atoms in total. The Bertz CT molecular complexity index is 446. The number of benzene rings is 1. The Hall–Kier alpha value is -1.88. The second-order valence-corrected chi connectivity index (χ2v) is 5.30. The highest BCUT2D eigenvalue weighted by Crippen LogP contribution is 2.07. The summed E-state index contributed by atoms with van der Waals surface area (Å²) in [6.45, 7) is 3.82. The van der Waals surface area contributed by atoms with Gasteiger partial charge < -0.3 is 16.2 Å². The van der Waals surface area contributed by atoms with E-state index in [0.717, 1.165) is 5.56 Å². The molecule has 1 aromatic carbocycles. The molecule has 0 aliphatic carbocycles. The van der Waals surface area contributed by atoms with Gasteiger partial charge in [0.25, 0.3) is 0 Å². The SMILES string of the molecule is CC(C)C[C@@H](O)C(=O)N[C@@H](Cc1ccccc1)C(N)=O. The lowest BCUT2D eigenvalue weighted by Gasteiger charge is -2.19. The molecule has 0 aliphatic rings. The van der Waals surface area contributed by atoms with Crippen molar-refractivity contribution in [3.8, 4) is 0 Å². The smallest absolute Gasteiger partial charge is 0.249 e. The summed E-state index contributed by atoms with van der Waals surface area (Å²) in [6.07, 6.45) is -0.452. The third-order valence-electron chi connectivity index (χ3n) is 2.94. The van der Waals surface area contributed by atoms with Crippen LogP contribution in [0.25, 0.3) is 0 Å². The van der Waals surface area contributed by atoms with Gasteiger partial charge in [0.15, 0.2) is 0 Å². The van der Waals surface area contributed by atoms with Crippen molar-refractivity contribution in [1.29, 1.82) is 0 Å². The highest BCUT2D eigenvalue weighted by molar-refractivity contribution is 5.88. The van der Waals surface area contributed by atoms with Gasteiger partial charge in [0.1, 0.15) is 12.1 Å². The van der Waals surface area contributed by atoms with Gasteiger partial charge in [-0.2, -0.15) is 0 Å². The van der Waals surface area contributed by atoms with E-state index < -0.39 is 24.0 Å². The molecule has 20 heavy (non-hydrogen) atoms. The molecule has 2 amide bonds. The first-order valence-corrected chi connectivity index (χ1v) is 6.71. The van der Waals surface area contributed by atoms with Crippen LogP contribution in [0.5, 0.6) is 0 Å². The number of carbonyl (C=O) groups is 2. The number of nitrogens with one attached hydrogen (secondary N) is 1. The van der Waals surface area contributed by atoms with Crippen molar-refractivity contribution >= 4 is 11.8 Å². The number of carbonyl (C=O) groups excluding carboxylic acids is 2. The summed E-state index contributed by atoms with van der Waals surface area (Å²) in [7, 11) is 0. The molecule has 110 valence electrons. The first-order chi connectivity index (χ1) is 9.40. The fraction of sp³-hybridized carbons (Fsp3) is 0.467. The molecule has 0 aliphatic heterocycles. The zero-order valence-corrected chi connectivity index (χ0v) is 11.9. The summed E-state index contributed by atoms with van der Waals surface area (Å²) in [5.74, 6) is -0.978. The van der Waals surface area contributed by atoms with Crippen molar-refractivity contribution in [2.75, 3.05) is 0 Å². The molecule has 1 aromatic rings. The molecule has 0 saturated carbocycles.